The SMILES string of the molecule is CCCn1cc(S(=O)(=O)Nc2cc(C)cnc2Cl)c(N)n1. The maximum absolute atomic E-state index is 12.4. The molecule has 2 heterocycles. The van der Waals surface area contributed by atoms with E-state index in [1.807, 2.05) is 6.92 Å². The highest BCUT2D eigenvalue weighted by atomic mass is 35.5. The molecule has 2 aromatic heterocycles. The minimum atomic E-state index is -3.86. The molecule has 0 atom stereocenters. The molecule has 0 unspecified atom stereocenters. The quantitative estimate of drug-likeness (QED) is 0.817. The largest absolute Gasteiger partial charge is 0.381 e. The Morgan fingerprint density at radius 1 is 1.48 bits per heavy atom. The fraction of sp³-hybridized carbons (Fsp3) is 0.333. The third kappa shape index (κ3) is 3.45. The lowest BCUT2D eigenvalue weighted by atomic mass is 10.3. The molecule has 7 nitrogen and oxygen atoms in total. The van der Waals surface area contributed by atoms with Gasteiger partial charge in [0.05, 0.1) is 5.69 Å². The average Bonchev–Trinajstić information content (AvgIpc) is 2.76. The third-order valence-electron chi connectivity index (χ3n) is 2.72. The van der Waals surface area contributed by atoms with Gasteiger partial charge in [-0.25, -0.2) is 13.4 Å². The Kier molecular flexibility index (Phi) is 4.38. The van der Waals surface area contributed by atoms with E-state index in [0.717, 1.165) is 12.0 Å². The first-order valence-corrected chi connectivity index (χ1v) is 8.17. The number of nitrogens with zero attached hydrogens (tertiary/aromatic N) is 3. The topological polar surface area (TPSA) is 103 Å². The number of aryl methyl sites for hydroxylation is 2. The Hall–Kier alpha value is -1.80. The number of hydrogen-bond donors (Lipinski definition) is 2. The van der Waals surface area contributed by atoms with E-state index in [-0.39, 0.29) is 21.6 Å². The summed E-state index contributed by atoms with van der Waals surface area (Å²) in [5.74, 6) is -0.0484. The number of nitrogens with two attached hydrogens (primary N) is 1. The zero-order valence-corrected chi connectivity index (χ0v) is 13.2. The second kappa shape index (κ2) is 5.90. The summed E-state index contributed by atoms with van der Waals surface area (Å²) < 4.78 is 28.6. The van der Waals surface area contributed by atoms with Crippen LogP contribution in [0.5, 0.6) is 0 Å². The predicted octanol–water partition coefficient (Wildman–Crippen LogP) is 2.03. The maximum atomic E-state index is 12.4. The normalized spacial score (nSPS) is 11.6. The van der Waals surface area contributed by atoms with E-state index in [9.17, 15) is 8.42 Å². The van der Waals surface area contributed by atoms with E-state index in [1.54, 1.807) is 19.2 Å². The minimum Gasteiger partial charge on any atom is -0.381 e. The number of nitrogen functional groups attached to an aromatic ring is 1. The van der Waals surface area contributed by atoms with Gasteiger partial charge in [0.2, 0.25) is 0 Å². The molecule has 0 saturated heterocycles. The van der Waals surface area contributed by atoms with Crippen molar-refractivity contribution in [3.05, 3.63) is 29.2 Å². The first-order chi connectivity index (χ1) is 9.83. The van der Waals surface area contributed by atoms with Crippen LogP contribution in [0.25, 0.3) is 0 Å². The molecule has 0 aromatic carbocycles. The van der Waals surface area contributed by atoms with Crippen molar-refractivity contribution in [2.24, 2.45) is 0 Å². The number of rotatable bonds is 5. The van der Waals surface area contributed by atoms with Gasteiger partial charge in [0, 0.05) is 18.9 Å². The molecule has 2 aromatic rings. The lowest BCUT2D eigenvalue weighted by Crippen LogP contribution is -2.14. The van der Waals surface area contributed by atoms with Gasteiger partial charge in [-0.05, 0) is 25.0 Å². The monoisotopic (exact) mass is 329 g/mol. The highest BCUT2D eigenvalue weighted by Crippen LogP contribution is 2.25. The molecular weight excluding hydrogens is 314 g/mol. The van der Waals surface area contributed by atoms with Crippen LogP contribution in [0.3, 0.4) is 0 Å². The van der Waals surface area contributed by atoms with Gasteiger partial charge in [0.25, 0.3) is 10.0 Å². The molecule has 114 valence electrons. The Morgan fingerprint density at radius 3 is 2.86 bits per heavy atom. The lowest BCUT2D eigenvalue weighted by Gasteiger charge is -2.08. The van der Waals surface area contributed by atoms with Crippen LogP contribution in [-0.4, -0.2) is 23.2 Å². The van der Waals surface area contributed by atoms with E-state index < -0.39 is 10.0 Å². The standard InChI is InChI=1S/C12H16ClN5O2S/c1-3-4-18-7-10(12(14)16-18)21(19,20)17-9-5-8(2)6-15-11(9)13/h5-7,17H,3-4H2,1-2H3,(H2,14,16). The van der Waals surface area contributed by atoms with Gasteiger partial charge < -0.3 is 5.73 Å². The molecule has 0 bridgehead atoms. The van der Waals surface area contributed by atoms with Gasteiger partial charge in [-0.15, -0.1) is 0 Å². The highest BCUT2D eigenvalue weighted by Gasteiger charge is 2.22. The minimum absolute atomic E-state index is 0.0484. The van der Waals surface area contributed by atoms with E-state index in [4.69, 9.17) is 17.3 Å². The van der Waals surface area contributed by atoms with E-state index in [1.165, 1.54) is 10.9 Å². The molecule has 0 aliphatic heterocycles. The van der Waals surface area contributed by atoms with Crippen molar-refractivity contribution >= 4 is 33.1 Å². The van der Waals surface area contributed by atoms with Gasteiger partial charge in [0.15, 0.2) is 11.0 Å². The molecule has 0 aliphatic carbocycles. The predicted molar refractivity (Wildman–Crippen MR) is 81.7 cm³/mol. The number of sulfonamides is 1. The summed E-state index contributed by atoms with van der Waals surface area (Å²) in [5.41, 5.74) is 6.67. The Balaban J connectivity index is 2.36. The van der Waals surface area contributed by atoms with Crippen LogP contribution in [0.1, 0.15) is 18.9 Å². The Labute approximate surface area is 128 Å². The molecule has 3 N–H and O–H groups in total. The molecule has 0 amide bonds. The van der Waals surface area contributed by atoms with Gasteiger partial charge in [-0.1, -0.05) is 18.5 Å². The molecule has 2 rings (SSSR count). The highest BCUT2D eigenvalue weighted by molar-refractivity contribution is 7.92. The second-order valence-corrected chi connectivity index (χ2v) is 6.61. The number of hydrogen-bond acceptors (Lipinski definition) is 5. The fourth-order valence-electron chi connectivity index (χ4n) is 1.79. The number of pyridine rings is 1. The van der Waals surface area contributed by atoms with Crippen molar-refractivity contribution < 1.29 is 8.42 Å². The molecule has 0 radical (unpaired) electrons. The third-order valence-corrected chi connectivity index (χ3v) is 4.40. The second-order valence-electron chi connectivity index (χ2n) is 4.60. The number of nitrogens with one attached hydrogen (secondary N) is 1. The van der Waals surface area contributed by atoms with E-state index >= 15 is 0 Å². The number of anilines is 2. The Bertz CT molecular complexity index is 757. The van der Waals surface area contributed by atoms with Crippen molar-refractivity contribution in [1.82, 2.24) is 14.8 Å². The van der Waals surface area contributed by atoms with Crippen molar-refractivity contribution in [2.75, 3.05) is 10.5 Å². The Morgan fingerprint density at radius 2 is 2.19 bits per heavy atom. The summed E-state index contributed by atoms with van der Waals surface area (Å²) >= 11 is 5.89. The molecular formula is C12H16ClN5O2S. The fourth-order valence-corrected chi connectivity index (χ4v) is 3.13. The summed E-state index contributed by atoms with van der Waals surface area (Å²) in [6, 6.07) is 1.60. The smallest absolute Gasteiger partial charge is 0.267 e. The van der Waals surface area contributed by atoms with E-state index in [2.05, 4.69) is 14.8 Å². The van der Waals surface area contributed by atoms with Gasteiger partial charge in [-0.2, -0.15) is 5.10 Å². The van der Waals surface area contributed by atoms with Crippen molar-refractivity contribution in [2.45, 2.75) is 31.7 Å². The van der Waals surface area contributed by atoms with Crippen LogP contribution in [0.4, 0.5) is 11.5 Å². The molecule has 21 heavy (non-hydrogen) atoms. The van der Waals surface area contributed by atoms with Crippen LogP contribution in [-0.2, 0) is 16.6 Å². The van der Waals surface area contributed by atoms with Crippen LogP contribution < -0.4 is 10.5 Å². The molecule has 0 spiro atoms. The summed E-state index contributed by atoms with van der Waals surface area (Å²) in [4.78, 5) is 3.82. The lowest BCUT2D eigenvalue weighted by molar-refractivity contribution is 0.595. The zero-order chi connectivity index (χ0) is 15.6. The summed E-state index contributed by atoms with van der Waals surface area (Å²) in [6.07, 6.45) is 3.77. The van der Waals surface area contributed by atoms with Gasteiger partial charge in [-0.3, -0.25) is 9.40 Å². The molecule has 0 saturated carbocycles. The molecule has 0 fully saturated rings. The molecule has 9 heteroatoms. The number of halogens is 1. The van der Waals surface area contributed by atoms with Crippen molar-refractivity contribution in [3.8, 4) is 0 Å². The summed E-state index contributed by atoms with van der Waals surface area (Å²) in [6.45, 7) is 4.34. The van der Waals surface area contributed by atoms with Crippen molar-refractivity contribution in [1.29, 1.82) is 0 Å². The van der Waals surface area contributed by atoms with Crippen LogP contribution in [0.15, 0.2) is 23.4 Å². The van der Waals surface area contributed by atoms with Crippen LogP contribution >= 0.6 is 11.6 Å². The van der Waals surface area contributed by atoms with Crippen LogP contribution in [0, 0.1) is 6.92 Å². The first kappa shape index (κ1) is 15.6. The van der Waals surface area contributed by atoms with Gasteiger partial charge in [0.1, 0.15) is 4.90 Å². The molecule has 0 aliphatic rings. The number of aromatic nitrogens is 3. The maximum Gasteiger partial charge on any atom is 0.267 e. The van der Waals surface area contributed by atoms with Crippen molar-refractivity contribution in [3.63, 3.8) is 0 Å². The van der Waals surface area contributed by atoms with E-state index in [0.29, 0.717) is 6.54 Å². The summed E-state index contributed by atoms with van der Waals surface area (Å²) in [5, 5.41) is 4.05. The first-order valence-electron chi connectivity index (χ1n) is 6.31. The summed E-state index contributed by atoms with van der Waals surface area (Å²) in [7, 11) is -3.86. The zero-order valence-electron chi connectivity index (χ0n) is 11.7. The van der Waals surface area contributed by atoms with Crippen LogP contribution in [0.2, 0.25) is 5.15 Å². The average molecular weight is 330 g/mol. The van der Waals surface area contributed by atoms with Gasteiger partial charge >= 0.3 is 0 Å².